The zero-order chi connectivity index (χ0) is 23.5. The van der Waals surface area contributed by atoms with E-state index >= 15 is 0 Å². The van der Waals surface area contributed by atoms with E-state index in [1.165, 1.54) is 0 Å². The van der Waals surface area contributed by atoms with Crippen molar-refractivity contribution in [1.82, 2.24) is 25.5 Å². The van der Waals surface area contributed by atoms with Gasteiger partial charge in [-0.15, -0.1) is 0 Å². The lowest BCUT2D eigenvalue weighted by Crippen LogP contribution is -2.47. The first-order valence-corrected chi connectivity index (χ1v) is 11.8. The summed E-state index contributed by atoms with van der Waals surface area (Å²) in [6.07, 6.45) is 6.43. The van der Waals surface area contributed by atoms with Crippen LogP contribution in [0.5, 0.6) is 5.75 Å². The first-order chi connectivity index (χ1) is 16.6. The van der Waals surface area contributed by atoms with Gasteiger partial charge in [-0.3, -0.25) is 4.79 Å². The second-order valence-electron chi connectivity index (χ2n) is 8.39. The van der Waals surface area contributed by atoms with E-state index in [-0.39, 0.29) is 24.5 Å². The molecule has 0 radical (unpaired) electrons. The summed E-state index contributed by atoms with van der Waals surface area (Å²) in [5.41, 5.74) is 5.34. The fourth-order valence-electron chi connectivity index (χ4n) is 4.10. The topological polar surface area (TPSA) is 83.7 Å². The molecule has 1 fully saturated rings. The maximum Gasteiger partial charge on any atom is 0.251 e. The van der Waals surface area contributed by atoms with E-state index in [9.17, 15) is 4.79 Å². The summed E-state index contributed by atoms with van der Waals surface area (Å²) in [6, 6.07) is 15.0. The fourth-order valence-corrected chi connectivity index (χ4v) is 4.22. The minimum absolute atomic E-state index is 0.0109. The monoisotopic (exact) mass is 479 g/mol. The van der Waals surface area contributed by atoms with E-state index in [0.717, 1.165) is 36.3 Å². The molecule has 1 amide bonds. The zero-order valence-corrected chi connectivity index (χ0v) is 19.6. The molecule has 2 aromatic carbocycles. The number of nitrogens with zero attached hydrogens (tertiary/aromatic N) is 4. The van der Waals surface area contributed by atoms with E-state index in [0.29, 0.717) is 23.2 Å². The van der Waals surface area contributed by atoms with Gasteiger partial charge >= 0.3 is 0 Å². The van der Waals surface area contributed by atoms with Crippen molar-refractivity contribution in [3.63, 3.8) is 0 Å². The molecule has 2 aliphatic rings. The number of carbonyl (C=O) groups is 1. The Morgan fingerprint density at radius 1 is 1.15 bits per heavy atom. The molecule has 34 heavy (non-hydrogen) atoms. The van der Waals surface area contributed by atoms with Crippen molar-refractivity contribution in [3.05, 3.63) is 77.4 Å². The lowest BCUT2D eigenvalue weighted by molar-refractivity contribution is -0.135. The van der Waals surface area contributed by atoms with E-state index in [1.807, 2.05) is 35.5 Å². The van der Waals surface area contributed by atoms with E-state index in [2.05, 4.69) is 34.6 Å². The van der Waals surface area contributed by atoms with Crippen LogP contribution in [0, 0.1) is 0 Å². The van der Waals surface area contributed by atoms with Gasteiger partial charge in [-0.1, -0.05) is 42.2 Å². The first kappa shape index (κ1) is 22.4. The summed E-state index contributed by atoms with van der Waals surface area (Å²) in [5, 5.41) is 6.55. The standard InChI is InChI=1S/C25H26ClN5O3/c1-2-3-14-33-20-10-6-17(7-11-20)21-15-22-25(32)30(12-13-31(22)28-21)16-23-27-24(29-34-23)18-4-8-19(26)9-5-18/h4-13,21-22,28H,2-3,14-16H2,1H3. The number of hydrogen-bond acceptors (Lipinski definition) is 7. The molecular weight excluding hydrogens is 454 g/mol. The van der Waals surface area contributed by atoms with Gasteiger partial charge in [-0.25, -0.2) is 5.43 Å². The summed E-state index contributed by atoms with van der Waals surface area (Å²) >= 11 is 5.94. The highest BCUT2D eigenvalue weighted by atomic mass is 35.5. The van der Waals surface area contributed by atoms with Crippen LogP contribution in [0.25, 0.3) is 11.4 Å². The second-order valence-corrected chi connectivity index (χ2v) is 8.83. The predicted molar refractivity (Wildman–Crippen MR) is 127 cm³/mol. The summed E-state index contributed by atoms with van der Waals surface area (Å²) in [7, 11) is 0. The highest BCUT2D eigenvalue weighted by Crippen LogP contribution is 2.32. The Labute approximate surface area is 203 Å². The van der Waals surface area contributed by atoms with Gasteiger partial charge < -0.3 is 19.2 Å². The third-order valence-corrected chi connectivity index (χ3v) is 6.25. The average Bonchev–Trinajstić information content (AvgIpc) is 3.50. The van der Waals surface area contributed by atoms with Gasteiger partial charge in [0, 0.05) is 23.0 Å². The number of aromatic nitrogens is 2. The van der Waals surface area contributed by atoms with Crippen molar-refractivity contribution in [3.8, 4) is 17.1 Å². The van der Waals surface area contributed by atoms with Crippen LogP contribution in [0.3, 0.4) is 0 Å². The minimum atomic E-state index is -0.297. The zero-order valence-electron chi connectivity index (χ0n) is 18.9. The van der Waals surface area contributed by atoms with Crippen LogP contribution in [-0.2, 0) is 11.3 Å². The summed E-state index contributed by atoms with van der Waals surface area (Å²) in [5.74, 6) is 1.69. The predicted octanol–water partition coefficient (Wildman–Crippen LogP) is 4.70. The van der Waals surface area contributed by atoms with Crippen LogP contribution in [0.1, 0.15) is 43.7 Å². The fraction of sp³-hybridized carbons (Fsp3) is 0.320. The Balaban J connectivity index is 1.21. The normalized spacial score (nSPS) is 19.5. The molecule has 0 aliphatic carbocycles. The molecule has 2 atom stereocenters. The summed E-state index contributed by atoms with van der Waals surface area (Å²) in [6.45, 7) is 3.09. The number of halogens is 1. The highest BCUT2D eigenvalue weighted by Gasteiger charge is 2.40. The van der Waals surface area contributed by atoms with Crippen molar-refractivity contribution < 1.29 is 14.1 Å². The molecule has 1 aromatic heterocycles. The lowest BCUT2D eigenvalue weighted by Gasteiger charge is -2.30. The van der Waals surface area contributed by atoms with Crippen molar-refractivity contribution in [2.75, 3.05) is 6.61 Å². The van der Waals surface area contributed by atoms with E-state index in [4.69, 9.17) is 20.9 Å². The third-order valence-electron chi connectivity index (χ3n) is 6.00. The number of carbonyl (C=O) groups excluding carboxylic acids is 1. The van der Waals surface area contributed by atoms with Gasteiger partial charge in [0.05, 0.1) is 12.6 Å². The molecular formula is C25H26ClN5O3. The Bertz CT molecular complexity index is 1160. The number of benzene rings is 2. The Hall–Kier alpha value is -3.36. The molecule has 1 N–H and O–H groups in total. The largest absolute Gasteiger partial charge is 0.494 e. The highest BCUT2D eigenvalue weighted by molar-refractivity contribution is 6.30. The lowest BCUT2D eigenvalue weighted by atomic mass is 10.0. The van der Waals surface area contributed by atoms with Crippen LogP contribution in [0.4, 0.5) is 0 Å². The second kappa shape index (κ2) is 9.87. The van der Waals surface area contributed by atoms with Gasteiger partial charge in [0.2, 0.25) is 11.7 Å². The van der Waals surface area contributed by atoms with Crippen LogP contribution < -0.4 is 10.2 Å². The quantitative estimate of drug-likeness (QED) is 0.468. The number of ether oxygens (including phenoxy) is 1. The van der Waals surface area contributed by atoms with Crippen LogP contribution in [-0.4, -0.2) is 38.6 Å². The minimum Gasteiger partial charge on any atom is -0.494 e. The third kappa shape index (κ3) is 4.78. The molecule has 0 spiro atoms. The average molecular weight is 480 g/mol. The number of fused-ring (bicyclic) bond motifs is 1. The Kier molecular flexibility index (Phi) is 6.51. The number of rotatable bonds is 8. The molecule has 9 heteroatoms. The van der Waals surface area contributed by atoms with Crippen molar-refractivity contribution in [2.45, 2.75) is 44.8 Å². The van der Waals surface area contributed by atoms with Crippen LogP contribution >= 0.6 is 11.6 Å². The molecule has 5 rings (SSSR count). The number of unbranched alkanes of at least 4 members (excludes halogenated alkanes) is 1. The van der Waals surface area contributed by atoms with Crippen molar-refractivity contribution >= 4 is 17.5 Å². The maximum atomic E-state index is 13.2. The summed E-state index contributed by atoms with van der Waals surface area (Å²) < 4.78 is 11.1. The van der Waals surface area contributed by atoms with Crippen LogP contribution in [0.2, 0.25) is 5.02 Å². The molecule has 3 aromatic rings. The van der Waals surface area contributed by atoms with Gasteiger partial charge in [-0.05, 0) is 54.8 Å². The number of hydrogen-bond donors (Lipinski definition) is 1. The van der Waals surface area contributed by atoms with Gasteiger partial charge in [0.25, 0.3) is 5.91 Å². The first-order valence-electron chi connectivity index (χ1n) is 11.5. The van der Waals surface area contributed by atoms with E-state index < -0.39 is 0 Å². The molecule has 176 valence electrons. The molecule has 2 aliphatic heterocycles. The van der Waals surface area contributed by atoms with Crippen molar-refractivity contribution in [1.29, 1.82) is 0 Å². The Morgan fingerprint density at radius 2 is 1.94 bits per heavy atom. The van der Waals surface area contributed by atoms with Gasteiger partial charge in [0.1, 0.15) is 18.3 Å². The molecule has 8 nitrogen and oxygen atoms in total. The number of hydrazine groups is 1. The summed E-state index contributed by atoms with van der Waals surface area (Å²) in [4.78, 5) is 19.2. The molecule has 2 unspecified atom stereocenters. The van der Waals surface area contributed by atoms with Gasteiger partial charge in [0.15, 0.2) is 0 Å². The van der Waals surface area contributed by atoms with Crippen LogP contribution in [0.15, 0.2) is 65.5 Å². The Morgan fingerprint density at radius 3 is 2.71 bits per heavy atom. The number of amides is 1. The molecule has 0 saturated carbocycles. The maximum absolute atomic E-state index is 13.2. The van der Waals surface area contributed by atoms with Crippen molar-refractivity contribution in [2.24, 2.45) is 0 Å². The smallest absolute Gasteiger partial charge is 0.251 e. The molecule has 1 saturated heterocycles. The molecule has 3 heterocycles. The SMILES string of the molecule is CCCCOc1ccc(C2CC3C(=O)N(Cc4nc(-c5ccc(Cl)cc5)no4)C=CN3N2)cc1. The molecule has 0 bridgehead atoms. The van der Waals surface area contributed by atoms with E-state index in [1.54, 1.807) is 23.2 Å². The number of nitrogens with one attached hydrogen (secondary N) is 1. The van der Waals surface area contributed by atoms with Gasteiger partial charge in [-0.2, -0.15) is 4.98 Å².